The second-order valence-electron chi connectivity index (χ2n) is 3.00. The first-order valence-electron chi connectivity index (χ1n) is 4.44. The van der Waals surface area contributed by atoms with Gasteiger partial charge in [-0.15, -0.1) is 0 Å². The van der Waals surface area contributed by atoms with Crippen molar-refractivity contribution in [3.05, 3.63) is 0 Å². The highest BCUT2D eigenvalue weighted by Gasteiger charge is 2.15. The zero-order chi connectivity index (χ0) is 11.2. The molecule has 0 aliphatic heterocycles. The van der Waals surface area contributed by atoms with Gasteiger partial charge in [-0.25, -0.2) is 4.72 Å². The van der Waals surface area contributed by atoms with Gasteiger partial charge in [0.05, 0.1) is 5.84 Å². The third-order valence-electron chi connectivity index (χ3n) is 1.64. The van der Waals surface area contributed by atoms with Crippen molar-refractivity contribution >= 4 is 16.0 Å². The van der Waals surface area contributed by atoms with E-state index in [1.807, 2.05) is 6.92 Å². The third kappa shape index (κ3) is 5.15. The lowest BCUT2D eigenvalue weighted by Gasteiger charge is -2.16. The Morgan fingerprint density at radius 1 is 1.57 bits per heavy atom. The molecule has 0 saturated carbocycles. The summed E-state index contributed by atoms with van der Waals surface area (Å²) in [6.07, 6.45) is 1.00. The second kappa shape index (κ2) is 5.94. The lowest BCUT2D eigenvalue weighted by Crippen LogP contribution is -2.39. The number of nitrogens with two attached hydrogens (primary N) is 1. The van der Waals surface area contributed by atoms with Crippen molar-refractivity contribution in [1.82, 2.24) is 9.03 Å². The van der Waals surface area contributed by atoms with Crippen LogP contribution in [0.4, 0.5) is 0 Å². The summed E-state index contributed by atoms with van der Waals surface area (Å²) in [6.45, 7) is 2.54. The average Bonchev–Trinajstić information content (AvgIpc) is 2.10. The fraction of sp³-hybridized carbons (Fsp3) is 0.857. The molecular formula is C7H18N4O2S. The Morgan fingerprint density at radius 2 is 2.14 bits per heavy atom. The zero-order valence-electron chi connectivity index (χ0n) is 8.58. The summed E-state index contributed by atoms with van der Waals surface area (Å²) in [5.41, 5.74) is 5.13. The summed E-state index contributed by atoms with van der Waals surface area (Å²) < 4.78 is 26.4. The fourth-order valence-electron chi connectivity index (χ4n) is 0.739. The first-order valence-corrected chi connectivity index (χ1v) is 5.88. The Bertz CT molecular complexity index is 275. The monoisotopic (exact) mass is 222 g/mol. The van der Waals surface area contributed by atoms with Gasteiger partial charge < -0.3 is 5.73 Å². The van der Waals surface area contributed by atoms with Gasteiger partial charge in [0, 0.05) is 26.6 Å². The standard InChI is InChI=1S/C7H18N4O2S/c1-3-5-10-14(12,13)11(2)6-4-7(8)9/h10H,3-6H2,1-2H3,(H3,8,9). The van der Waals surface area contributed by atoms with Gasteiger partial charge in [0.15, 0.2) is 0 Å². The highest BCUT2D eigenvalue weighted by atomic mass is 32.2. The average molecular weight is 222 g/mol. The van der Waals surface area contributed by atoms with Gasteiger partial charge in [-0.2, -0.15) is 12.7 Å². The van der Waals surface area contributed by atoms with E-state index in [2.05, 4.69) is 4.72 Å². The first kappa shape index (κ1) is 13.3. The Balaban J connectivity index is 4.08. The molecule has 0 unspecified atom stereocenters. The minimum atomic E-state index is -3.39. The van der Waals surface area contributed by atoms with Crippen molar-refractivity contribution < 1.29 is 8.42 Å². The van der Waals surface area contributed by atoms with Gasteiger partial charge in [-0.3, -0.25) is 5.41 Å². The highest BCUT2D eigenvalue weighted by molar-refractivity contribution is 7.87. The van der Waals surface area contributed by atoms with Crippen LogP contribution in [0.3, 0.4) is 0 Å². The molecule has 0 atom stereocenters. The Morgan fingerprint density at radius 3 is 2.57 bits per heavy atom. The van der Waals surface area contributed by atoms with Crippen LogP contribution in [0.25, 0.3) is 0 Å². The van der Waals surface area contributed by atoms with E-state index in [1.54, 1.807) is 0 Å². The van der Waals surface area contributed by atoms with Gasteiger partial charge in [0.2, 0.25) is 0 Å². The van der Waals surface area contributed by atoms with Crippen LogP contribution < -0.4 is 10.5 Å². The topological polar surface area (TPSA) is 99.3 Å². The van der Waals surface area contributed by atoms with E-state index in [9.17, 15) is 8.42 Å². The SMILES string of the molecule is CCCNS(=O)(=O)N(C)CCC(=N)N. The molecule has 0 bridgehead atoms. The predicted molar refractivity (Wildman–Crippen MR) is 56.4 cm³/mol. The van der Waals surface area contributed by atoms with Gasteiger partial charge in [-0.1, -0.05) is 6.92 Å². The molecule has 0 heterocycles. The Hall–Kier alpha value is -0.660. The number of nitrogens with zero attached hydrogens (tertiary/aromatic N) is 1. The Labute approximate surface area is 85.2 Å². The maximum atomic E-state index is 11.4. The van der Waals surface area contributed by atoms with Crippen molar-refractivity contribution in [1.29, 1.82) is 5.41 Å². The maximum Gasteiger partial charge on any atom is 0.279 e. The van der Waals surface area contributed by atoms with Crippen LogP contribution in [0.2, 0.25) is 0 Å². The molecule has 0 aromatic carbocycles. The molecule has 0 radical (unpaired) electrons. The molecule has 0 fully saturated rings. The maximum absolute atomic E-state index is 11.4. The summed E-state index contributed by atoms with van der Waals surface area (Å²) in [7, 11) is -1.93. The summed E-state index contributed by atoms with van der Waals surface area (Å²) in [5.74, 6) is -0.0115. The van der Waals surface area contributed by atoms with Gasteiger partial charge in [0.1, 0.15) is 0 Å². The van der Waals surface area contributed by atoms with Crippen LogP contribution >= 0.6 is 0 Å². The molecular weight excluding hydrogens is 204 g/mol. The molecule has 0 aliphatic carbocycles. The molecule has 7 heteroatoms. The summed E-state index contributed by atoms with van der Waals surface area (Å²) >= 11 is 0. The smallest absolute Gasteiger partial charge is 0.279 e. The fourth-order valence-corrected chi connectivity index (χ4v) is 1.75. The van der Waals surface area contributed by atoms with Crippen LogP contribution in [-0.2, 0) is 10.2 Å². The van der Waals surface area contributed by atoms with Crippen LogP contribution in [0, 0.1) is 5.41 Å². The number of nitrogens with one attached hydrogen (secondary N) is 2. The van der Waals surface area contributed by atoms with Crippen molar-refractivity contribution in [2.24, 2.45) is 5.73 Å². The van der Waals surface area contributed by atoms with Gasteiger partial charge in [0.25, 0.3) is 10.2 Å². The third-order valence-corrected chi connectivity index (χ3v) is 3.21. The molecule has 0 aromatic rings. The molecule has 6 nitrogen and oxygen atoms in total. The molecule has 0 amide bonds. The molecule has 0 aromatic heterocycles. The van der Waals surface area contributed by atoms with E-state index in [4.69, 9.17) is 11.1 Å². The number of hydrogen-bond acceptors (Lipinski definition) is 3. The van der Waals surface area contributed by atoms with Crippen LogP contribution in [0.1, 0.15) is 19.8 Å². The van der Waals surface area contributed by atoms with Crippen LogP contribution in [0.15, 0.2) is 0 Å². The second-order valence-corrected chi connectivity index (χ2v) is 4.86. The first-order chi connectivity index (χ1) is 6.40. The van der Waals surface area contributed by atoms with E-state index in [0.717, 1.165) is 10.7 Å². The number of amidine groups is 1. The van der Waals surface area contributed by atoms with Crippen molar-refractivity contribution in [2.45, 2.75) is 19.8 Å². The summed E-state index contributed by atoms with van der Waals surface area (Å²) in [4.78, 5) is 0. The van der Waals surface area contributed by atoms with E-state index in [0.29, 0.717) is 6.54 Å². The van der Waals surface area contributed by atoms with E-state index in [-0.39, 0.29) is 18.8 Å². The van der Waals surface area contributed by atoms with E-state index in [1.165, 1.54) is 7.05 Å². The van der Waals surface area contributed by atoms with Crippen molar-refractivity contribution in [3.63, 3.8) is 0 Å². The molecule has 0 aliphatic rings. The molecule has 0 spiro atoms. The van der Waals surface area contributed by atoms with Crippen LogP contribution in [0.5, 0.6) is 0 Å². The van der Waals surface area contributed by atoms with Gasteiger partial charge >= 0.3 is 0 Å². The van der Waals surface area contributed by atoms with Gasteiger partial charge in [-0.05, 0) is 6.42 Å². The number of hydrogen-bond donors (Lipinski definition) is 3. The predicted octanol–water partition coefficient (Wildman–Crippen LogP) is -0.511. The quantitative estimate of drug-likeness (QED) is 0.399. The molecule has 0 saturated heterocycles. The van der Waals surface area contributed by atoms with E-state index < -0.39 is 10.2 Å². The molecule has 4 N–H and O–H groups in total. The minimum Gasteiger partial charge on any atom is -0.388 e. The minimum absolute atomic E-state index is 0.0115. The van der Waals surface area contributed by atoms with Crippen molar-refractivity contribution in [2.75, 3.05) is 20.1 Å². The molecule has 84 valence electrons. The summed E-state index contributed by atoms with van der Waals surface area (Å²) in [5, 5.41) is 6.97. The lowest BCUT2D eigenvalue weighted by atomic mass is 10.4. The van der Waals surface area contributed by atoms with E-state index >= 15 is 0 Å². The Kier molecular flexibility index (Phi) is 5.66. The normalized spacial score (nSPS) is 11.9. The summed E-state index contributed by atoms with van der Waals surface area (Å²) in [6, 6.07) is 0. The van der Waals surface area contributed by atoms with Crippen LogP contribution in [-0.4, -0.2) is 38.7 Å². The molecule has 0 rings (SSSR count). The van der Waals surface area contributed by atoms with Crippen molar-refractivity contribution in [3.8, 4) is 0 Å². The number of rotatable bonds is 7. The zero-order valence-corrected chi connectivity index (χ0v) is 9.39. The highest BCUT2D eigenvalue weighted by Crippen LogP contribution is 1.95. The largest absolute Gasteiger partial charge is 0.388 e. The lowest BCUT2D eigenvalue weighted by molar-refractivity contribution is 0.465. The molecule has 14 heavy (non-hydrogen) atoms.